The van der Waals surface area contributed by atoms with E-state index in [1.807, 2.05) is 20.8 Å². The zero-order valence-corrected chi connectivity index (χ0v) is 12.8. The molecule has 2 aliphatic rings. The van der Waals surface area contributed by atoms with Crippen LogP contribution in [0, 0.1) is 17.3 Å². The van der Waals surface area contributed by atoms with Crippen LogP contribution < -0.4 is 5.32 Å². The van der Waals surface area contributed by atoms with E-state index in [1.54, 1.807) is 0 Å². The van der Waals surface area contributed by atoms with Gasteiger partial charge in [0.25, 0.3) is 0 Å². The first-order valence-corrected chi connectivity index (χ1v) is 7.32. The molecule has 0 bridgehead atoms. The van der Waals surface area contributed by atoms with Crippen LogP contribution in [0.25, 0.3) is 0 Å². The Hall–Kier alpha value is -0.940. The van der Waals surface area contributed by atoms with Gasteiger partial charge >= 0.3 is 0 Å². The van der Waals surface area contributed by atoms with Gasteiger partial charge in [0.1, 0.15) is 0 Å². The molecule has 0 spiro atoms. The molecule has 2 heterocycles. The maximum absolute atomic E-state index is 12.2. The van der Waals surface area contributed by atoms with Crippen molar-refractivity contribution in [1.29, 1.82) is 0 Å². The van der Waals surface area contributed by atoms with Gasteiger partial charge in [0.05, 0.1) is 19.3 Å². The average Bonchev–Trinajstić information content (AvgIpc) is 2.89. The van der Waals surface area contributed by atoms with Gasteiger partial charge < -0.3 is 14.8 Å². The van der Waals surface area contributed by atoms with E-state index in [9.17, 15) is 9.59 Å². The van der Waals surface area contributed by atoms with Crippen LogP contribution in [0.4, 0.5) is 0 Å². The first-order chi connectivity index (χ1) is 9.29. The van der Waals surface area contributed by atoms with Gasteiger partial charge in [0, 0.05) is 12.3 Å². The number of ether oxygens (including phenoxy) is 2. The minimum Gasteiger partial charge on any atom is -0.352 e. The summed E-state index contributed by atoms with van der Waals surface area (Å²) in [5.74, 6) is 0.457. The number of carbonyl (C=O) groups is 2. The molecule has 2 aliphatic heterocycles. The van der Waals surface area contributed by atoms with Crippen LogP contribution >= 0.6 is 0 Å². The molecule has 0 aliphatic carbocycles. The molecule has 20 heavy (non-hydrogen) atoms. The molecule has 114 valence electrons. The standard InChI is InChI=1S/C15H25NO4/c1-9(17)13(15(2,3)4)16-12(18)7-10-8-20-14-11(10)5-6-19-14/h10-11,13-14H,5-8H2,1-4H3,(H,16,18). The van der Waals surface area contributed by atoms with Gasteiger partial charge in [-0.25, -0.2) is 0 Å². The first-order valence-electron chi connectivity index (χ1n) is 7.32. The van der Waals surface area contributed by atoms with Gasteiger partial charge in [-0.3, -0.25) is 9.59 Å². The lowest BCUT2D eigenvalue weighted by atomic mass is 9.84. The number of amides is 1. The fourth-order valence-corrected chi connectivity index (χ4v) is 3.15. The maximum atomic E-state index is 12.2. The lowest BCUT2D eigenvalue weighted by Crippen LogP contribution is -2.48. The zero-order chi connectivity index (χ0) is 14.9. The highest BCUT2D eigenvalue weighted by Gasteiger charge is 2.42. The van der Waals surface area contributed by atoms with E-state index in [0.717, 1.165) is 6.42 Å². The van der Waals surface area contributed by atoms with Crippen molar-refractivity contribution in [2.75, 3.05) is 13.2 Å². The predicted molar refractivity (Wildman–Crippen MR) is 74.0 cm³/mol. The second-order valence-corrected chi connectivity index (χ2v) is 6.97. The monoisotopic (exact) mass is 283 g/mol. The fourth-order valence-electron chi connectivity index (χ4n) is 3.15. The van der Waals surface area contributed by atoms with E-state index >= 15 is 0 Å². The van der Waals surface area contributed by atoms with Gasteiger partial charge in [0.15, 0.2) is 12.1 Å². The summed E-state index contributed by atoms with van der Waals surface area (Å²) >= 11 is 0. The molecule has 2 saturated heterocycles. The largest absolute Gasteiger partial charge is 0.352 e. The highest BCUT2D eigenvalue weighted by molar-refractivity contribution is 5.88. The van der Waals surface area contributed by atoms with Gasteiger partial charge in [0.2, 0.25) is 5.91 Å². The minimum absolute atomic E-state index is 0.00408. The Kier molecular flexibility index (Phi) is 4.49. The van der Waals surface area contributed by atoms with Gasteiger partial charge in [-0.15, -0.1) is 0 Å². The molecule has 1 N–H and O–H groups in total. The van der Waals surface area contributed by atoms with Gasteiger partial charge in [-0.2, -0.15) is 0 Å². The van der Waals surface area contributed by atoms with Crippen LogP contribution in [-0.4, -0.2) is 37.2 Å². The van der Waals surface area contributed by atoms with E-state index in [-0.39, 0.29) is 29.3 Å². The molecule has 0 aromatic rings. The van der Waals surface area contributed by atoms with E-state index in [1.165, 1.54) is 6.92 Å². The highest BCUT2D eigenvalue weighted by atomic mass is 16.7. The first kappa shape index (κ1) is 15.4. The summed E-state index contributed by atoms with van der Waals surface area (Å²) in [4.78, 5) is 23.9. The molecule has 4 unspecified atom stereocenters. The number of nitrogens with one attached hydrogen (secondary N) is 1. The Bertz CT molecular complexity index is 388. The molecule has 2 fully saturated rings. The molecule has 5 heteroatoms. The number of ketones is 1. The third-order valence-corrected chi connectivity index (χ3v) is 4.19. The average molecular weight is 283 g/mol. The summed E-state index contributed by atoms with van der Waals surface area (Å²) in [6, 6.07) is -0.437. The van der Waals surface area contributed by atoms with Crippen LogP contribution in [-0.2, 0) is 19.1 Å². The number of fused-ring (bicyclic) bond motifs is 1. The van der Waals surface area contributed by atoms with E-state index < -0.39 is 6.04 Å². The molecular weight excluding hydrogens is 258 g/mol. The SMILES string of the molecule is CC(=O)C(NC(=O)CC1COC2OCCC12)C(C)(C)C. The maximum Gasteiger partial charge on any atom is 0.220 e. The van der Waals surface area contributed by atoms with Crippen LogP contribution in [0.15, 0.2) is 0 Å². The summed E-state index contributed by atoms with van der Waals surface area (Å²) < 4.78 is 11.0. The quantitative estimate of drug-likeness (QED) is 0.849. The van der Waals surface area contributed by atoms with Crippen molar-refractivity contribution in [1.82, 2.24) is 5.32 Å². The highest BCUT2D eigenvalue weighted by Crippen LogP contribution is 2.37. The fraction of sp³-hybridized carbons (Fsp3) is 0.867. The lowest BCUT2D eigenvalue weighted by Gasteiger charge is -2.29. The Labute approximate surface area is 120 Å². The molecule has 0 radical (unpaired) electrons. The van der Waals surface area contributed by atoms with Crippen LogP contribution in [0.2, 0.25) is 0 Å². The Morgan fingerprint density at radius 1 is 1.30 bits per heavy atom. The summed E-state index contributed by atoms with van der Waals surface area (Å²) in [6.07, 6.45) is 1.24. The van der Waals surface area contributed by atoms with Crippen molar-refractivity contribution < 1.29 is 19.1 Å². The van der Waals surface area contributed by atoms with Crippen molar-refractivity contribution in [2.24, 2.45) is 17.3 Å². The zero-order valence-electron chi connectivity index (χ0n) is 12.8. The van der Waals surface area contributed by atoms with Crippen molar-refractivity contribution in [3.8, 4) is 0 Å². The summed E-state index contributed by atoms with van der Waals surface area (Å²) in [5.41, 5.74) is -0.271. The van der Waals surface area contributed by atoms with Crippen LogP contribution in [0.3, 0.4) is 0 Å². The molecule has 0 aromatic heterocycles. The minimum atomic E-state index is -0.437. The van der Waals surface area contributed by atoms with Crippen LogP contribution in [0.1, 0.15) is 40.5 Å². The Morgan fingerprint density at radius 2 is 2.00 bits per heavy atom. The molecule has 0 saturated carbocycles. The number of carbonyl (C=O) groups excluding carboxylic acids is 2. The summed E-state index contributed by atoms with van der Waals surface area (Å²) in [6.45, 7) is 8.68. The second kappa shape index (κ2) is 5.82. The third kappa shape index (κ3) is 3.38. The summed E-state index contributed by atoms with van der Waals surface area (Å²) in [5, 5.41) is 2.88. The Balaban J connectivity index is 1.90. The van der Waals surface area contributed by atoms with E-state index in [0.29, 0.717) is 25.6 Å². The molecule has 4 atom stereocenters. The number of Topliss-reactive ketones (excluding diaryl/α,β-unsaturated/α-hetero) is 1. The van der Waals surface area contributed by atoms with Crippen LogP contribution in [0.5, 0.6) is 0 Å². The lowest BCUT2D eigenvalue weighted by molar-refractivity contribution is -0.129. The van der Waals surface area contributed by atoms with Gasteiger partial charge in [-0.05, 0) is 24.7 Å². The van der Waals surface area contributed by atoms with Crippen molar-refractivity contribution in [3.63, 3.8) is 0 Å². The molecule has 0 aromatic carbocycles. The second-order valence-electron chi connectivity index (χ2n) is 6.97. The van der Waals surface area contributed by atoms with Crippen molar-refractivity contribution >= 4 is 11.7 Å². The van der Waals surface area contributed by atoms with E-state index in [4.69, 9.17) is 9.47 Å². The third-order valence-electron chi connectivity index (χ3n) is 4.19. The predicted octanol–water partition coefficient (Wildman–Crippen LogP) is 1.51. The molecule has 2 rings (SSSR count). The molecule has 1 amide bonds. The number of hydrogen-bond donors (Lipinski definition) is 1. The Morgan fingerprint density at radius 3 is 2.60 bits per heavy atom. The van der Waals surface area contributed by atoms with E-state index in [2.05, 4.69) is 5.32 Å². The topological polar surface area (TPSA) is 64.6 Å². The summed E-state index contributed by atoms with van der Waals surface area (Å²) in [7, 11) is 0. The molecular formula is C15H25NO4. The number of rotatable bonds is 4. The number of hydrogen-bond acceptors (Lipinski definition) is 4. The smallest absolute Gasteiger partial charge is 0.220 e. The van der Waals surface area contributed by atoms with Crippen molar-refractivity contribution in [3.05, 3.63) is 0 Å². The normalized spacial score (nSPS) is 30.9. The van der Waals surface area contributed by atoms with Crippen molar-refractivity contribution in [2.45, 2.75) is 52.9 Å². The van der Waals surface area contributed by atoms with Gasteiger partial charge in [-0.1, -0.05) is 20.8 Å². The molecule has 5 nitrogen and oxygen atoms in total.